The SMILES string of the molecule is CN(Cc1ccccc1)CC1CC(c2ccc(CO)cc2)OC(c2cccc(-c3cccc(CNS(=O)(=O)c4ccccc4)c3)c2)O1. The molecule has 6 rings (SSSR count). The van der Waals surface area contributed by atoms with Crippen molar-refractivity contribution < 1.29 is 23.0 Å². The van der Waals surface area contributed by atoms with Crippen molar-refractivity contribution in [2.75, 3.05) is 13.6 Å². The van der Waals surface area contributed by atoms with Crippen molar-refractivity contribution in [2.24, 2.45) is 0 Å². The smallest absolute Gasteiger partial charge is 0.240 e. The average Bonchev–Trinajstić information content (AvgIpc) is 3.11. The number of likely N-dealkylation sites (N-methyl/N-ethyl adjacent to an activating group) is 1. The molecule has 0 spiro atoms. The topological polar surface area (TPSA) is 88.1 Å². The molecular weight excluding hydrogens is 609 g/mol. The minimum Gasteiger partial charge on any atom is -0.392 e. The lowest BCUT2D eigenvalue weighted by Crippen LogP contribution is -2.37. The van der Waals surface area contributed by atoms with Crippen molar-refractivity contribution in [3.63, 3.8) is 0 Å². The van der Waals surface area contributed by atoms with Gasteiger partial charge in [0, 0.05) is 31.6 Å². The second-order valence-corrected chi connectivity index (χ2v) is 13.8. The number of hydrogen-bond acceptors (Lipinski definition) is 6. The Morgan fingerprint density at radius 2 is 1.38 bits per heavy atom. The molecule has 1 fully saturated rings. The fourth-order valence-corrected chi connectivity index (χ4v) is 6.97. The van der Waals surface area contributed by atoms with Crippen LogP contribution in [0.1, 0.15) is 46.6 Å². The Morgan fingerprint density at radius 3 is 2.11 bits per heavy atom. The van der Waals surface area contributed by atoms with Gasteiger partial charge in [0.1, 0.15) is 0 Å². The van der Waals surface area contributed by atoms with Crippen LogP contribution in [0.2, 0.25) is 0 Å². The molecule has 0 amide bonds. The van der Waals surface area contributed by atoms with E-state index in [2.05, 4.69) is 47.0 Å². The first-order valence-corrected chi connectivity index (χ1v) is 17.3. The maximum absolute atomic E-state index is 12.8. The molecule has 242 valence electrons. The molecule has 0 bridgehead atoms. The van der Waals surface area contributed by atoms with Crippen LogP contribution in [0, 0.1) is 0 Å². The predicted molar refractivity (Wildman–Crippen MR) is 184 cm³/mol. The number of rotatable bonds is 12. The Kier molecular flexibility index (Phi) is 10.6. The summed E-state index contributed by atoms with van der Waals surface area (Å²) in [7, 11) is -1.51. The van der Waals surface area contributed by atoms with Crippen molar-refractivity contribution in [1.29, 1.82) is 0 Å². The van der Waals surface area contributed by atoms with E-state index in [1.165, 1.54) is 5.56 Å². The van der Waals surface area contributed by atoms with Crippen molar-refractivity contribution in [3.05, 3.63) is 161 Å². The zero-order valence-electron chi connectivity index (χ0n) is 26.4. The van der Waals surface area contributed by atoms with Crippen LogP contribution in [0.5, 0.6) is 0 Å². The van der Waals surface area contributed by atoms with Crippen LogP contribution in [0.25, 0.3) is 11.1 Å². The zero-order chi connectivity index (χ0) is 32.6. The molecule has 2 N–H and O–H groups in total. The van der Waals surface area contributed by atoms with Crippen LogP contribution < -0.4 is 4.72 Å². The number of nitrogens with one attached hydrogen (secondary N) is 1. The Balaban J connectivity index is 1.20. The quantitative estimate of drug-likeness (QED) is 0.152. The second kappa shape index (κ2) is 15.2. The monoisotopic (exact) mass is 648 g/mol. The van der Waals surface area contributed by atoms with Crippen molar-refractivity contribution >= 4 is 10.0 Å². The second-order valence-electron chi connectivity index (χ2n) is 12.0. The molecule has 3 unspecified atom stereocenters. The number of nitrogens with zero attached hydrogens (tertiary/aromatic N) is 1. The molecule has 1 aliphatic heterocycles. The summed E-state index contributed by atoms with van der Waals surface area (Å²) in [6.45, 7) is 1.72. The average molecular weight is 649 g/mol. The first kappa shape index (κ1) is 32.8. The molecule has 47 heavy (non-hydrogen) atoms. The molecule has 1 saturated heterocycles. The number of sulfonamides is 1. The highest BCUT2D eigenvalue weighted by Gasteiger charge is 2.33. The predicted octanol–water partition coefficient (Wildman–Crippen LogP) is 7.00. The largest absolute Gasteiger partial charge is 0.392 e. The van der Waals surface area contributed by atoms with Crippen LogP contribution >= 0.6 is 0 Å². The fourth-order valence-electron chi connectivity index (χ4n) is 5.93. The van der Waals surface area contributed by atoms with Crippen LogP contribution in [0.3, 0.4) is 0 Å². The van der Waals surface area contributed by atoms with Crippen molar-refractivity contribution in [3.8, 4) is 11.1 Å². The highest BCUT2D eigenvalue weighted by atomic mass is 32.2. The minimum absolute atomic E-state index is 0.00264. The first-order valence-electron chi connectivity index (χ1n) is 15.8. The summed E-state index contributed by atoms with van der Waals surface area (Å²) < 4.78 is 41.5. The van der Waals surface area contributed by atoms with Gasteiger partial charge >= 0.3 is 0 Å². The summed E-state index contributed by atoms with van der Waals surface area (Å²) in [4.78, 5) is 2.52. The molecule has 1 aliphatic rings. The van der Waals surface area contributed by atoms with Gasteiger partial charge in [-0.2, -0.15) is 0 Å². The van der Waals surface area contributed by atoms with Crippen LogP contribution in [0.15, 0.2) is 138 Å². The third-order valence-corrected chi connectivity index (χ3v) is 9.78. The van der Waals surface area contributed by atoms with Gasteiger partial charge in [0.2, 0.25) is 10.0 Å². The number of aliphatic hydroxyl groups is 1. The van der Waals surface area contributed by atoms with Gasteiger partial charge in [-0.15, -0.1) is 0 Å². The third kappa shape index (κ3) is 8.61. The molecule has 5 aromatic rings. The molecule has 1 heterocycles. The lowest BCUT2D eigenvalue weighted by molar-refractivity contribution is -0.252. The fraction of sp³-hybridized carbons (Fsp3) is 0.231. The number of benzene rings is 5. The Bertz CT molecular complexity index is 1850. The van der Waals surface area contributed by atoms with Gasteiger partial charge in [-0.3, -0.25) is 4.90 Å². The molecule has 0 aliphatic carbocycles. The van der Waals surface area contributed by atoms with E-state index in [9.17, 15) is 13.5 Å². The van der Waals surface area contributed by atoms with Crippen LogP contribution in [0.4, 0.5) is 0 Å². The molecule has 0 aromatic heterocycles. The maximum Gasteiger partial charge on any atom is 0.240 e. The van der Waals surface area contributed by atoms with E-state index in [0.29, 0.717) is 6.42 Å². The van der Waals surface area contributed by atoms with E-state index in [0.717, 1.165) is 46.5 Å². The first-order chi connectivity index (χ1) is 22.9. The molecule has 0 radical (unpaired) electrons. The van der Waals surface area contributed by atoms with Crippen molar-refractivity contribution in [2.45, 2.75) is 49.5 Å². The van der Waals surface area contributed by atoms with Gasteiger partial charge in [-0.1, -0.05) is 109 Å². The summed E-state index contributed by atoms with van der Waals surface area (Å²) in [5, 5.41) is 9.55. The summed E-state index contributed by atoms with van der Waals surface area (Å²) in [5.74, 6) is 0. The Hall–Kier alpha value is -4.15. The molecule has 5 aromatic carbocycles. The van der Waals surface area contributed by atoms with E-state index in [-0.39, 0.29) is 30.3 Å². The maximum atomic E-state index is 12.8. The van der Waals surface area contributed by atoms with E-state index < -0.39 is 16.3 Å². The van der Waals surface area contributed by atoms with Crippen LogP contribution in [-0.4, -0.2) is 38.1 Å². The summed E-state index contributed by atoms with van der Waals surface area (Å²) in [6, 6.07) is 42.7. The normalized spacial score (nSPS) is 18.3. The highest BCUT2D eigenvalue weighted by molar-refractivity contribution is 7.89. The van der Waals surface area contributed by atoms with E-state index in [4.69, 9.17) is 9.47 Å². The number of ether oxygens (including phenoxy) is 2. The lowest BCUT2D eigenvalue weighted by Gasteiger charge is -2.38. The van der Waals surface area contributed by atoms with E-state index in [1.807, 2.05) is 72.8 Å². The Morgan fingerprint density at radius 1 is 0.723 bits per heavy atom. The lowest BCUT2D eigenvalue weighted by atomic mass is 9.98. The minimum atomic E-state index is -3.62. The van der Waals surface area contributed by atoms with Gasteiger partial charge in [0.25, 0.3) is 0 Å². The van der Waals surface area contributed by atoms with Gasteiger partial charge < -0.3 is 14.6 Å². The molecular formula is C39H40N2O5S. The Labute approximate surface area is 277 Å². The molecule has 8 heteroatoms. The molecule has 7 nitrogen and oxygen atoms in total. The van der Waals surface area contributed by atoms with Gasteiger partial charge in [0.05, 0.1) is 23.7 Å². The van der Waals surface area contributed by atoms with Crippen LogP contribution in [-0.2, 0) is 39.2 Å². The van der Waals surface area contributed by atoms with Gasteiger partial charge in [0.15, 0.2) is 6.29 Å². The molecule has 3 atom stereocenters. The number of hydrogen-bond donors (Lipinski definition) is 2. The third-order valence-electron chi connectivity index (χ3n) is 8.36. The summed E-state index contributed by atoms with van der Waals surface area (Å²) >= 11 is 0. The summed E-state index contributed by atoms with van der Waals surface area (Å²) in [6.07, 6.45) is -0.132. The van der Waals surface area contributed by atoms with Crippen molar-refractivity contribution in [1.82, 2.24) is 9.62 Å². The molecule has 0 saturated carbocycles. The summed E-state index contributed by atoms with van der Waals surface area (Å²) in [5.41, 5.74) is 6.87. The van der Waals surface area contributed by atoms with Gasteiger partial charge in [-0.25, -0.2) is 13.1 Å². The highest BCUT2D eigenvalue weighted by Crippen LogP contribution is 2.39. The zero-order valence-corrected chi connectivity index (χ0v) is 27.2. The standard InChI is InChI=1S/C39H40N2O5S/c1-41(26-29-10-4-2-5-11-29)27-36-24-38(32-20-18-30(28-42)19-21-32)46-39(45-36)35-15-9-14-34(23-35)33-13-8-12-31(22-33)25-40-47(43,44)37-16-6-3-7-17-37/h2-23,36,38-40,42H,24-28H2,1H3. The van der Waals surface area contributed by atoms with E-state index in [1.54, 1.807) is 30.3 Å². The van der Waals surface area contributed by atoms with Gasteiger partial charge in [-0.05, 0) is 64.7 Å². The number of aliphatic hydroxyl groups excluding tert-OH is 1. The van der Waals surface area contributed by atoms with E-state index >= 15 is 0 Å².